The highest BCUT2D eigenvalue weighted by Gasteiger charge is 2.45. The molecular formula is C38H68O4. The number of carbonyl (C=O) groups excluding carboxylic acids is 2. The quantitative estimate of drug-likeness (QED) is 0.105. The molecular weight excluding hydrogens is 520 g/mol. The molecule has 3 saturated carbocycles. The normalized spacial score (nSPS) is 23.8. The van der Waals surface area contributed by atoms with Crippen LogP contribution in [0.2, 0.25) is 0 Å². The number of carbonyl (C=O) groups is 2. The molecule has 2 unspecified atom stereocenters. The van der Waals surface area contributed by atoms with Crippen molar-refractivity contribution in [1.82, 2.24) is 0 Å². The van der Waals surface area contributed by atoms with Gasteiger partial charge < -0.3 is 9.47 Å². The zero-order valence-electron chi connectivity index (χ0n) is 28.0. The third-order valence-corrected chi connectivity index (χ3v) is 11.0. The average molecular weight is 589 g/mol. The van der Waals surface area contributed by atoms with E-state index < -0.39 is 0 Å². The van der Waals surface area contributed by atoms with Crippen molar-refractivity contribution in [2.45, 2.75) is 218 Å². The number of hydrogen-bond donors (Lipinski definition) is 0. The second kappa shape index (κ2) is 20.1. The van der Waals surface area contributed by atoms with Crippen molar-refractivity contribution in [1.29, 1.82) is 0 Å². The van der Waals surface area contributed by atoms with Gasteiger partial charge in [0.15, 0.2) is 0 Å². The number of esters is 2. The van der Waals surface area contributed by atoms with E-state index in [1.807, 2.05) is 0 Å². The zero-order valence-corrected chi connectivity index (χ0v) is 28.0. The standard InChI is InChI=1S/C38H68O4/c1-3-5-7-9-11-13-19-27-37(29-21-15-22-30-37)41-35(39)33-25-17-18-26-34(33)36(40)42-38(31-23-16-24-32-38)28-20-14-12-10-8-6-4-2/h33-34H,3-32H2,1-2H3. The molecule has 0 aromatic carbocycles. The van der Waals surface area contributed by atoms with Crippen molar-refractivity contribution >= 4 is 11.9 Å². The maximum atomic E-state index is 13.9. The molecule has 4 nitrogen and oxygen atoms in total. The third-order valence-electron chi connectivity index (χ3n) is 11.0. The fraction of sp³-hybridized carbons (Fsp3) is 0.947. The first-order chi connectivity index (χ1) is 20.5. The summed E-state index contributed by atoms with van der Waals surface area (Å²) in [6.45, 7) is 4.53. The number of rotatable bonds is 20. The highest BCUT2D eigenvalue weighted by molar-refractivity contribution is 5.82. The summed E-state index contributed by atoms with van der Waals surface area (Å²) in [4.78, 5) is 27.7. The van der Waals surface area contributed by atoms with Crippen molar-refractivity contribution in [2.75, 3.05) is 0 Å². The Morgan fingerprint density at radius 2 is 0.810 bits per heavy atom. The molecule has 42 heavy (non-hydrogen) atoms. The van der Waals surface area contributed by atoms with E-state index in [1.165, 1.54) is 89.9 Å². The van der Waals surface area contributed by atoms with Gasteiger partial charge in [-0.3, -0.25) is 9.59 Å². The van der Waals surface area contributed by atoms with Crippen LogP contribution in [0.3, 0.4) is 0 Å². The van der Waals surface area contributed by atoms with Crippen LogP contribution in [0, 0.1) is 11.8 Å². The summed E-state index contributed by atoms with van der Waals surface area (Å²) in [7, 11) is 0. The largest absolute Gasteiger partial charge is 0.459 e. The maximum absolute atomic E-state index is 13.9. The van der Waals surface area contributed by atoms with Crippen molar-refractivity contribution in [3.8, 4) is 0 Å². The van der Waals surface area contributed by atoms with Gasteiger partial charge in [-0.1, -0.05) is 117 Å². The minimum Gasteiger partial charge on any atom is -0.459 e. The van der Waals surface area contributed by atoms with Gasteiger partial charge in [-0.25, -0.2) is 0 Å². The van der Waals surface area contributed by atoms with E-state index in [0.29, 0.717) is 0 Å². The molecule has 0 aromatic rings. The van der Waals surface area contributed by atoms with E-state index in [-0.39, 0.29) is 35.0 Å². The first kappa shape index (κ1) is 35.4. The zero-order chi connectivity index (χ0) is 29.9. The molecule has 4 heteroatoms. The van der Waals surface area contributed by atoms with Gasteiger partial charge in [0, 0.05) is 0 Å². The van der Waals surface area contributed by atoms with Gasteiger partial charge in [-0.2, -0.15) is 0 Å². The van der Waals surface area contributed by atoms with E-state index in [9.17, 15) is 9.59 Å². The van der Waals surface area contributed by atoms with Gasteiger partial charge in [0.1, 0.15) is 11.2 Å². The molecule has 0 heterocycles. The Hall–Kier alpha value is -1.06. The minimum absolute atomic E-state index is 0.0914. The highest BCUT2D eigenvalue weighted by Crippen LogP contribution is 2.42. The SMILES string of the molecule is CCCCCCCCCC1(OC(=O)C2CCCCC2C(=O)OC2(CCCCCCCCC)CCCCC2)CCCCC1. The Balaban J connectivity index is 1.55. The summed E-state index contributed by atoms with van der Waals surface area (Å²) >= 11 is 0. The fourth-order valence-corrected chi connectivity index (χ4v) is 8.28. The van der Waals surface area contributed by atoms with Crippen molar-refractivity contribution in [3.05, 3.63) is 0 Å². The van der Waals surface area contributed by atoms with Crippen molar-refractivity contribution in [3.63, 3.8) is 0 Å². The molecule has 3 aliphatic carbocycles. The molecule has 3 fully saturated rings. The van der Waals surface area contributed by atoms with Crippen LogP contribution in [-0.2, 0) is 19.1 Å². The molecule has 2 atom stereocenters. The van der Waals surface area contributed by atoms with E-state index in [0.717, 1.165) is 103 Å². The van der Waals surface area contributed by atoms with Gasteiger partial charge in [0.2, 0.25) is 0 Å². The topological polar surface area (TPSA) is 52.6 Å². The lowest BCUT2D eigenvalue weighted by atomic mass is 9.77. The first-order valence-electron chi connectivity index (χ1n) is 19.0. The maximum Gasteiger partial charge on any atom is 0.310 e. The van der Waals surface area contributed by atoms with Crippen LogP contribution in [-0.4, -0.2) is 23.1 Å². The van der Waals surface area contributed by atoms with Crippen LogP contribution >= 0.6 is 0 Å². The predicted molar refractivity (Wildman–Crippen MR) is 174 cm³/mol. The van der Waals surface area contributed by atoms with Gasteiger partial charge in [-0.05, 0) is 89.9 Å². The molecule has 244 valence electrons. The highest BCUT2D eigenvalue weighted by atomic mass is 16.6. The van der Waals surface area contributed by atoms with Crippen LogP contribution in [0.15, 0.2) is 0 Å². The summed E-state index contributed by atoms with van der Waals surface area (Å²) in [5.74, 6) is -0.825. The Kier molecular flexibility index (Phi) is 16.9. The number of ether oxygens (including phenoxy) is 2. The molecule has 0 aliphatic heterocycles. The minimum atomic E-state index is -0.321. The van der Waals surface area contributed by atoms with Crippen LogP contribution in [0.1, 0.15) is 206 Å². The molecule has 0 saturated heterocycles. The lowest BCUT2D eigenvalue weighted by Crippen LogP contribution is -2.45. The lowest BCUT2D eigenvalue weighted by molar-refractivity contribution is -0.184. The summed E-state index contributed by atoms with van der Waals surface area (Å²) in [6, 6.07) is 0. The summed E-state index contributed by atoms with van der Waals surface area (Å²) < 4.78 is 13.1. The van der Waals surface area contributed by atoms with Crippen LogP contribution in [0.25, 0.3) is 0 Å². The molecule has 0 radical (unpaired) electrons. The lowest BCUT2D eigenvalue weighted by Gasteiger charge is -2.41. The van der Waals surface area contributed by atoms with Gasteiger partial charge in [0.25, 0.3) is 0 Å². The van der Waals surface area contributed by atoms with Gasteiger partial charge >= 0.3 is 11.9 Å². The molecule has 0 spiro atoms. The molecule has 3 aliphatic rings. The molecule has 0 aromatic heterocycles. The summed E-state index contributed by atoms with van der Waals surface area (Å²) in [5, 5.41) is 0. The van der Waals surface area contributed by atoms with Crippen LogP contribution in [0.4, 0.5) is 0 Å². The molecule has 3 rings (SSSR count). The molecule has 0 N–H and O–H groups in total. The van der Waals surface area contributed by atoms with E-state index in [4.69, 9.17) is 9.47 Å². The average Bonchev–Trinajstić information content (AvgIpc) is 3.01. The summed E-state index contributed by atoms with van der Waals surface area (Å²) in [6.07, 6.45) is 34.6. The molecule has 0 bridgehead atoms. The third kappa shape index (κ3) is 12.1. The van der Waals surface area contributed by atoms with Crippen molar-refractivity contribution < 1.29 is 19.1 Å². The predicted octanol–water partition coefficient (Wildman–Crippen LogP) is 11.6. The summed E-state index contributed by atoms with van der Waals surface area (Å²) in [5.41, 5.74) is -0.598. The van der Waals surface area contributed by atoms with E-state index >= 15 is 0 Å². The number of unbranched alkanes of at least 4 members (excludes halogenated alkanes) is 12. The van der Waals surface area contributed by atoms with Crippen molar-refractivity contribution in [2.24, 2.45) is 11.8 Å². The second-order valence-corrected chi connectivity index (χ2v) is 14.6. The Morgan fingerprint density at radius 1 is 0.476 bits per heavy atom. The van der Waals surface area contributed by atoms with Gasteiger partial charge in [-0.15, -0.1) is 0 Å². The fourth-order valence-electron chi connectivity index (χ4n) is 8.28. The van der Waals surface area contributed by atoms with E-state index in [2.05, 4.69) is 13.8 Å². The van der Waals surface area contributed by atoms with Crippen LogP contribution in [0.5, 0.6) is 0 Å². The Morgan fingerprint density at radius 3 is 1.17 bits per heavy atom. The monoisotopic (exact) mass is 589 g/mol. The molecule has 0 amide bonds. The second-order valence-electron chi connectivity index (χ2n) is 14.6. The van der Waals surface area contributed by atoms with Gasteiger partial charge in [0.05, 0.1) is 11.8 Å². The Labute approximate surface area is 260 Å². The van der Waals surface area contributed by atoms with Crippen LogP contribution < -0.4 is 0 Å². The smallest absolute Gasteiger partial charge is 0.310 e. The first-order valence-corrected chi connectivity index (χ1v) is 19.0. The Bertz CT molecular complexity index is 671. The van der Waals surface area contributed by atoms with E-state index in [1.54, 1.807) is 0 Å². The number of hydrogen-bond acceptors (Lipinski definition) is 4.